The van der Waals surface area contributed by atoms with Crippen molar-refractivity contribution in [3.63, 3.8) is 0 Å². The molecule has 0 bridgehead atoms. The van der Waals surface area contributed by atoms with Crippen LogP contribution in [0.5, 0.6) is 0 Å². The molecule has 2 rings (SSSR count). The third kappa shape index (κ3) is 3.20. The van der Waals surface area contributed by atoms with Crippen molar-refractivity contribution in [2.45, 2.75) is 44.3 Å². The summed E-state index contributed by atoms with van der Waals surface area (Å²) in [5.74, 6) is 0.0837. The van der Waals surface area contributed by atoms with Crippen molar-refractivity contribution >= 4 is 11.9 Å². The number of aliphatic hydroxyl groups is 3. The lowest BCUT2D eigenvalue weighted by molar-refractivity contribution is -0.0549. The van der Waals surface area contributed by atoms with Gasteiger partial charge in [-0.05, 0) is 6.42 Å². The summed E-state index contributed by atoms with van der Waals surface area (Å²) in [5, 5.41) is 28.9. The van der Waals surface area contributed by atoms with Gasteiger partial charge in [0.1, 0.15) is 24.1 Å². The number of allylic oxidation sites excluding steroid dienone is 1. The van der Waals surface area contributed by atoms with Crippen LogP contribution in [0.25, 0.3) is 6.08 Å². The highest BCUT2D eigenvalue weighted by Crippen LogP contribution is 2.28. The zero-order valence-electron chi connectivity index (χ0n) is 12.3. The first-order valence-electron chi connectivity index (χ1n) is 7.17. The number of rotatable bonds is 5. The fourth-order valence-electron chi connectivity index (χ4n) is 2.29. The number of aliphatic hydroxyl groups excluding tert-OH is 3. The van der Waals surface area contributed by atoms with Crippen molar-refractivity contribution in [3.05, 3.63) is 28.3 Å². The van der Waals surface area contributed by atoms with Gasteiger partial charge in [0.05, 0.1) is 6.61 Å². The summed E-state index contributed by atoms with van der Waals surface area (Å²) in [5.41, 5.74) is 5.54. The van der Waals surface area contributed by atoms with E-state index in [1.807, 2.05) is 13.0 Å². The maximum absolute atomic E-state index is 12.0. The van der Waals surface area contributed by atoms with Gasteiger partial charge in [-0.15, -0.1) is 0 Å². The van der Waals surface area contributed by atoms with E-state index in [0.29, 0.717) is 5.56 Å². The number of hydrogen-bond acceptors (Lipinski definition) is 7. The van der Waals surface area contributed by atoms with Gasteiger partial charge in [-0.2, -0.15) is 4.98 Å². The Morgan fingerprint density at radius 3 is 2.77 bits per heavy atom. The molecule has 22 heavy (non-hydrogen) atoms. The van der Waals surface area contributed by atoms with Gasteiger partial charge in [-0.1, -0.05) is 25.5 Å². The van der Waals surface area contributed by atoms with Crippen molar-refractivity contribution in [2.24, 2.45) is 0 Å². The smallest absolute Gasteiger partial charge is 0.351 e. The molecule has 1 aliphatic heterocycles. The fraction of sp³-hybridized carbons (Fsp3) is 0.571. The number of ether oxygens (including phenoxy) is 1. The predicted molar refractivity (Wildman–Crippen MR) is 79.9 cm³/mol. The van der Waals surface area contributed by atoms with Gasteiger partial charge in [0.2, 0.25) is 0 Å². The van der Waals surface area contributed by atoms with Crippen LogP contribution in [-0.2, 0) is 4.74 Å². The molecule has 0 radical (unpaired) electrons. The Kier molecular flexibility index (Phi) is 5.30. The standard InChI is InChI=1S/C14H21N3O5/c1-2-3-4-5-8-6-17(14(21)16-12(8)15)13-11(20)10(19)9(7-18)22-13/h4-6,9-11,13,18-20H,2-3,7H2,1H3,(H2,15,16,21)/t9-,10-,11+,13-/m1/s1. The summed E-state index contributed by atoms with van der Waals surface area (Å²) in [6.07, 6.45) is 2.20. The molecule has 0 aromatic carbocycles. The Bertz CT molecular complexity index is 601. The lowest BCUT2D eigenvalue weighted by Crippen LogP contribution is -2.36. The van der Waals surface area contributed by atoms with E-state index in [1.54, 1.807) is 6.08 Å². The molecule has 0 spiro atoms. The molecular weight excluding hydrogens is 290 g/mol. The van der Waals surface area contributed by atoms with Gasteiger partial charge in [0.25, 0.3) is 0 Å². The van der Waals surface area contributed by atoms with Crippen LogP contribution in [0.1, 0.15) is 31.6 Å². The average molecular weight is 311 g/mol. The fourth-order valence-corrected chi connectivity index (χ4v) is 2.29. The number of aromatic nitrogens is 2. The van der Waals surface area contributed by atoms with Crippen LogP contribution in [-0.4, -0.2) is 49.8 Å². The Balaban J connectivity index is 2.35. The van der Waals surface area contributed by atoms with Crippen LogP contribution < -0.4 is 11.4 Å². The molecule has 1 aromatic heterocycles. The molecule has 122 valence electrons. The highest BCUT2D eigenvalue weighted by Gasteiger charge is 2.43. The van der Waals surface area contributed by atoms with E-state index >= 15 is 0 Å². The van der Waals surface area contributed by atoms with Crippen molar-refractivity contribution in [3.8, 4) is 0 Å². The maximum atomic E-state index is 12.0. The number of anilines is 1. The van der Waals surface area contributed by atoms with E-state index in [4.69, 9.17) is 15.6 Å². The molecular formula is C14H21N3O5. The second-order valence-corrected chi connectivity index (χ2v) is 5.19. The molecule has 1 saturated heterocycles. The summed E-state index contributed by atoms with van der Waals surface area (Å²) in [4.78, 5) is 15.7. The normalized spacial score (nSPS) is 28.5. The second kappa shape index (κ2) is 7.01. The zero-order chi connectivity index (χ0) is 16.3. The van der Waals surface area contributed by atoms with Crippen molar-refractivity contribution in [2.75, 3.05) is 12.3 Å². The second-order valence-electron chi connectivity index (χ2n) is 5.19. The molecule has 1 aromatic rings. The number of nitrogens with two attached hydrogens (primary N) is 1. The van der Waals surface area contributed by atoms with E-state index in [1.165, 1.54) is 6.20 Å². The lowest BCUT2D eigenvalue weighted by Gasteiger charge is -2.18. The average Bonchev–Trinajstić information content (AvgIpc) is 2.77. The number of nitrogens with zero attached hydrogens (tertiary/aromatic N) is 2. The highest BCUT2D eigenvalue weighted by atomic mass is 16.6. The molecule has 5 N–H and O–H groups in total. The van der Waals surface area contributed by atoms with E-state index < -0.39 is 36.8 Å². The molecule has 0 saturated carbocycles. The summed E-state index contributed by atoms with van der Waals surface area (Å²) in [6.45, 7) is 1.57. The highest BCUT2D eigenvalue weighted by molar-refractivity contribution is 5.59. The van der Waals surface area contributed by atoms with Crippen molar-refractivity contribution in [1.82, 2.24) is 9.55 Å². The number of nitrogen functional groups attached to an aromatic ring is 1. The Hall–Kier alpha value is -1.74. The van der Waals surface area contributed by atoms with Crippen LogP contribution in [0.3, 0.4) is 0 Å². The zero-order valence-corrected chi connectivity index (χ0v) is 12.3. The minimum atomic E-state index is -1.34. The van der Waals surface area contributed by atoms with E-state index in [9.17, 15) is 15.0 Å². The first-order chi connectivity index (χ1) is 10.5. The monoisotopic (exact) mass is 311 g/mol. The molecule has 0 aliphatic carbocycles. The molecule has 2 heterocycles. The molecule has 0 unspecified atom stereocenters. The molecule has 1 aliphatic rings. The van der Waals surface area contributed by atoms with Crippen LogP contribution in [0, 0.1) is 0 Å². The molecule has 8 heteroatoms. The van der Waals surface area contributed by atoms with Crippen LogP contribution >= 0.6 is 0 Å². The third-order valence-electron chi connectivity index (χ3n) is 3.55. The maximum Gasteiger partial charge on any atom is 0.351 e. The van der Waals surface area contributed by atoms with E-state index in [-0.39, 0.29) is 5.82 Å². The van der Waals surface area contributed by atoms with Crippen molar-refractivity contribution < 1.29 is 20.1 Å². The largest absolute Gasteiger partial charge is 0.394 e. The lowest BCUT2D eigenvalue weighted by atomic mass is 10.1. The van der Waals surface area contributed by atoms with E-state index in [2.05, 4.69) is 4.98 Å². The quantitative estimate of drug-likeness (QED) is 0.562. The topological polar surface area (TPSA) is 131 Å². The summed E-state index contributed by atoms with van der Waals surface area (Å²) < 4.78 is 6.41. The van der Waals surface area contributed by atoms with Gasteiger partial charge in [-0.25, -0.2) is 4.79 Å². The molecule has 4 atom stereocenters. The van der Waals surface area contributed by atoms with Gasteiger partial charge in [0.15, 0.2) is 6.23 Å². The van der Waals surface area contributed by atoms with Gasteiger partial charge in [-0.3, -0.25) is 4.57 Å². The summed E-state index contributed by atoms with van der Waals surface area (Å²) in [6, 6.07) is 0. The summed E-state index contributed by atoms with van der Waals surface area (Å²) >= 11 is 0. The van der Waals surface area contributed by atoms with Gasteiger partial charge >= 0.3 is 5.69 Å². The Morgan fingerprint density at radius 1 is 1.45 bits per heavy atom. The first-order valence-corrected chi connectivity index (χ1v) is 7.17. The SMILES string of the molecule is CCCC=Cc1cn([C@@H]2O[C@H](CO)[C@@H](O)[C@@H]2O)c(=O)nc1N. The third-order valence-corrected chi connectivity index (χ3v) is 3.55. The molecule has 8 nitrogen and oxygen atoms in total. The summed E-state index contributed by atoms with van der Waals surface area (Å²) in [7, 11) is 0. The van der Waals surface area contributed by atoms with Crippen molar-refractivity contribution in [1.29, 1.82) is 0 Å². The van der Waals surface area contributed by atoms with E-state index in [0.717, 1.165) is 17.4 Å². The Labute approximate surface area is 127 Å². The predicted octanol–water partition coefficient (Wildman–Crippen LogP) is -0.750. The number of hydrogen-bond donors (Lipinski definition) is 4. The molecule has 0 amide bonds. The minimum Gasteiger partial charge on any atom is -0.394 e. The van der Waals surface area contributed by atoms with Gasteiger partial charge in [0, 0.05) is 11.8 Å². The van der Waals surface area contributed by atoms with Crippen LogP contribution in [0.15, 0.2) is 17.1 Å². The van der Waals surface area contributed by atoms with Gasteiger partial charge < -0.3 is 25.8 Å². The number of unbranched alkanes of at least 4 members (excludes halogenated alkanes) is 1. The Morgan fingerprint density at radius 2 is 2.18 bits per heavy atom. The first kappa shape index (κ1) is 16.6. The minimum absolute atomic E-state index is 0.0837. The molecule has 1 fully saturated rings. The van der Waals surface area contributed by atoms with Crippen LogP contribution in [0.4, 0.5) is 5.82 Å². The van der Waals surface area contributed by atoms with Crippen LogP contribution in [0.2, 0.25) is 0 Å².